The molecular weight excluding hydrogens is 263 g/mol. The molecule has 0 aliphatic carbocycles. The third-order valence-corrected chi connectivity index (χ3v) is 3.45. The Labute approximate surface area is 119 Å². The molecule has 1 aromatic carbocycles. The van der Waals surface area contributed by atoms with E-state index in [0.29, 0.717) is 11.6 Å². The van der Waals surface area contributed by atoms with E-state index in [2.05, 4.69) is 19.2 Å². The van der Waals surface area contributed by atoms with Gasteiger partial charge < -0.3 is 5.32 Å². The van der Waals surface area contributed by atoms with Crippen LogP contribution in [0.2, 0.25) is 0 Å². The minimum atomic E-state index is -4.28. The zero-order valence-corrected chi connectivity index (χ0v) is 12.3. The van der Waals surface area contributed by atoms with Crippen LogP contribution in [0.1, 0.15) is 57.1 Å². The molecule has 0 bridgehead atoms. The van der Waals surface area contributed by atoms with Crippen molar-refractivity contribution in [3.63, 3.8) is 0 Å². The van der Waals surface area contributed by atoms with Crippen molar-refractivity contribution in [1.29, 1.82) is 0 Å². The van der Waals surface area contributed by atoms with Crippen LogP contribution >= 0.6 is 0 Å². The average Bonchev–Trinajstić information content (AvgIpc) is 2.41. The van der Waals surface area contributed by atoms with E-state index in [1.807, 2.05) is 0 Å². The maximum absolute atomic E-state index is 12.9. The molecule has 0 saturated heterocycles. The average molecular weight is 287 g/mol. The van der Waals surface area contributed by atoms with Crippen LogP contribution in [-0.2, 0) is 12.7 Å². The van der Waals surface area contributed by atoms with Crippen molar-refractivity contribution in [2.75, 3.05) is 0 Å². The summed E-state index contributed by atoms with van der Waals surface area (Å²) in [6.45, 7) is 4.51. The van der Waals surface area contributed by atoms with E-state index in [-0.39, 0.29) is 6.54 Å². The summed E-state index contributed by atoms with van der Waals surface area (Å²) >= 11 is 0. The van der Waals surface area contributed by atoms with Gasteiger partial charge >= 0.3 is 6.18 Å². The van der Waals surface area contributed by atoms with Crippen LogP contribution in [0.25, 0.3) is 0 Å². The molecule has 0 heterocycles. The summed E-state index contributed by atoms with van der Waals surface area (Å²) in [5, 5.41) is 3.28. The van der Waals surface area contributed by atoms with Crippen LogP contribution < -0.4 is 5.32 Å². The van der Waals surface area contributed by atoms with E-state index in [0.717, 1.165) is 38.2 Å². The fourth-order valence-corrected chi connectivity index (χ4v) is 2.35. The lowest BCUT2D eigenvalue weighted by Crippen LogP contribution is -2.29. The molecule has 0 spiro atoms. The van der Waals surface area contributed by atoms with Crippen molar-refractivity contribution >= 4 is 0 Å². The van der Waals surface area contributed by atoms with Crippen molar-refractivity contribution in [3.8, 4) is 0 Å². The highest BCUT2D eigenvalue weighted by Gasteiger charge is 2.32. The number of unbranched alkanes of at least 4 members (excludes halogenated alkanes) is 1. The molecule has 0 aliphatic heterocycles. The van der Waals surface area contributed by atoms with Crippen molar-refractivity contribution in [3.05, 3.63) is 35.4 Å². The molecule has 0 radical (unpaired) electrons. The lowest BCUT2D eigenvalue weighted by molar-refractivity contribution is -0.138. The number of hydrogen-bond acceptors (Lipinski definition) is 1. The van der Waals surface area contributed by atoms with E-state index >= 15 is 0 Å². The summed E-state index contributed by atoms with van der Waals surface area (Å²) < 4.78 is 38.7. The first-order valence-electron chi connectivity index (χ1n) is 7.37. The lowest BCUT2D eigenvalue weighted by Gasteiger charge is -2.19. The molecule has 0 amide bonds. The van der Waals surface area contributed by atoms with Crippen molar-refractivity contribution < 1.29 is 13.2 Å². The predicted octanol–water partition coefficient (Wildman–Crippen LogP) is 5.15. The minimum absolute atomic E-state index is 0.282. The summed E-state index contributed by atoms with van der Waals surface area (Å²) in [4.78, 5) is 0. The Hall–Kier alpha value is -1.03. The van der Waals surface area contributed by atoms with Gasteiger partial charge in [-0.05, 0) is 24.5 Å². The molecule has 1 unspecified atom stereocenters. The standard InChI is InChI=1S/C16H24F3N/c1-3-5-10-14(8-4-2)20-12-13-9-6-7-11-15(13)16(17,18)19/h6-7,9,11,14,20H,3-5,8,10,12H2,1-2H3. The number of rotatable bonds is 8. The second kappa shape index (κ2) is 8.30. The fraction of sp³-hybridized carbons (Fsp3) is 0.625. The molecule has 1 aromatic rings. The Morgan fingerprint density at radius 1 is 1.05 bits per heavy atom. The highest BCUT2D eigenvalue weighted by atomic mass is 19.4. The summed E-state index contributed by atoms with van der Waals surface area (Å²) in [7, 11) is 0. The minimum Gasteiger partial charge on any atom is -0.310 e. The molecule has 0 aromatic heterocycles. The van der Waals surface area contributed by atoms with E-state index in [1.165, 1.54) is 6.07 Å². The molecule has 1 rings (SSSR count). The Kier molecular flexibility index (Phi) is 7.06. The summed E-state index contributed by atoms with van der Waals surface area (Å²) in [5.74, 6) is 0. The topological polar surface area (TPSA) is 12.0 Å². The molecule has 0 saturated carbocycles. The maximum atomic E-state index is 12.9. The number of hydrogen-bond donors (Lipinski definition) is 1. The SMILES string of the molecule is CCCCC(CCC)NCc1ccccc1C(F)(F)F. The van der Waals surface area contributed by atoms with E-state index in [4.69, 9.17) is 0 Å². The lowest BCUT2D eigenvalue weighted by atomic mass is 10.0. The first kappa shape index (κ1) is 17.0. The highest BCUT2D eigenvalue weighted by molar-refractivity contribution is 5.29. The number of alkyl halides is 3. The van der Waals surface area contributed by atoms with Crippen LogP contribution in [0.5, 0.6) is 0 Å². The number of benzene rings is 1. The fourth-order valence-electron chi connectivity index (χ4n) is 2.35. The number of nitrogens with one attached hydrogen (secondary N) is 1. The van der Waals surface area contributed by atoms with Gasteiger partial charge in [-0.15, -0.1) is 0 Å². The number of halogens is 3. The van der Waals surface area contributed by atoms with Crippen molar-refractivity contribution in [2.45, 2.75) is 64.7 Å². The van der Waals surface area contributed by atoms with Gasteiger partial charge in [0.05, 0.1) is 5.56 Å². The molecule has 1 N–H and O–H groups in total. The van der Waals surface area contributed by atoms with Gasteiger partial charge in [-0.25, -0.2) is 0 Å². The third kappa shape index (κ3) is 5.53. The van der Waals surface area contributed by atoms with Crippen LogP contribution in [0.15, 0.2) is 24.3 Å². The zero-order chi connectivity index (χ0) is 15.0. The smallest absolute Gasteiger partial charge is 0.310 e. The van der Waals surface area contributed by atoms with E-state index in [9.17, 15) is 13.2 Å². The van der Waals surface area contributed by atoms with E-state index in [1.54, 1.807) is 12.1 Å². The van der Waals surface area contributed by atoms with Gasteiger partial charge in [0.25, 0.3) is 0 Å². The van der Waals surface area contributed by atoms with Gasteiger partial charge in [0.2, 0.25) is 0 Å². The molecular formula is C16H24F3N. The highest BCUT2D eigenvalue weighted by Crippen LogP contribution is 2.31. The van der Waals surface area contributed by atoms with Crippen LogP contribution in [0.4, 0.5) is 13.2 Å². The van der Waals surface area contributed by atoms with Gasteiger partial charge in [-0.2, -0.15) is 13.2 Å². The van der Waals surface area contributed by atoms with Crippen molar-refractivity contribution in [1.82, 2.24) is 5.32 Å². The predicted molar refractivity (Wildman–Crippen MR) is 76.5 cm³/mol. The molecule has 1 nitrogen and oxygen atoms in total. The Bertz CT molecular complexity index is 388. The molecule has 0 fully saturated rings. The molecule has 114 valence electrons. The van der Waals surface area contributed by atoms with Gasteiger partial charge in [0.1, 0.15) is 0 Å². The molecule has 20 heavy (non-hydrogen) atoms. The summed E-state index contributed by atoms with van der Waals surface area (Å²) in [6, 6.07) is 6.11. The largest absolute Gasteiger partial charge is 0.416 e. The Balaban J connectivity index is 2.67. The van der Waals surface area contributed by atoms with Gasteiger partial charge in [-0.1, -0.05) is 51.3 Å². The summed E-state index contributed by atoms with van der Waals surface area (Å²) in [6.07, 6.45) is 1.02. The molecule has 4 heteroatoms. The van der Waals surface area contributed by atoms with E-state index < -0.39 is 11.7 Å². The first-order valence-corrected chi connectivity index (χ1v) is 7.37. The van der Waals surface area contributed by atoms with Gasteiger partial charge in [-0.3, -0.25) is 0 Å². The monoisotopic (exact) mass is 287 g/mol. The van der Waals surface area contributed by atoms with Crippen LogP contribution in [0, 0.1) is 0 Å². The van der Waals surface area contributed by atoms with Gasteiger partial charge in [0, 0.05) is 12.6 Å². The van der Waals surface area contributed by atoms with Gasteiger partial charge in [0.15, 0.2) is 0 Å². The summed E-state index contributed by atoms with van der Waals surface area (Å²) in [5.41, 5.74) is -0.198. The van der Waals surface area contributed by atoms with Crippen LogP contribution in [0.3, 0.4) is 0 Å². The first-order chi connectivity index (χ1) is 9.49. The molecule has 1 atom stereocenters. The third-order valence-electron chi connectivity index (χ3n) is 3.45. The molecule has 0 aliphatic rings. The van der Waals surface area contributed by atoms with Crippen molar-refractivity contribution in [2.24, 2.45) is 0 Å². The normalized spacial score (nSPS) is 13.4. The second-order valence-corrected chi connectivity index (χ2v) is 5.16. The zero-order valence-electron chi connectivity index (χ0n) is 12.3. The van der Waals surface area contributed by atoms with Crippen LogP contribution in [-0.4, -0.2) is 6.04 Å². The maximum Gasteiger partial charge on any atom is 0.416 e. The Morgan fingerprint density at radius 3 is 2.35 bits per heavy atom. The second-order valence-electron chi connectivity index (χ2n) is 5.16. The quantitative estimate of drug-likeness (QED) is 0.697. The Morgan fingerprint density at radius 2 is 1.75 bits per heavy atom.